The molecule has 0 saturated carbocycles. The maximum Gasteiger partial charge on any atom is 0.320 e. The van der Waals surface area contributed by atoms with Gasteiger partial charge in [0.15, 0.2) is 0 Å². The van der Waals surface area contributed by atoms with E-state index in [1.165, 1.54) is 0 Å². The first-order valence-electron chi connectivity index (χ1n) is 6.50. The van der Waals surface area contributed by atoms with Crippen molar-refractivity contribution in [2.24, 2.45) is 0 Å². The number of halogens is 4. The Balaban J connectivity index is 1.76. The molecular formula is C15H9Cl4N3O. The lowest BCUT2D eigenvalue weighted by Gasteiger charge is -2.04. The first-order valence-corrected chi connectivity index (χ1v) is 8.01. The summed E-state index contributed by atoms with van der Waals surface area (Å²) < 4.78 is 5.54. The molecule has 1 N–H and O–H groups in total. The predicted octanol–water partition coefficient (Wildman–Crippen LogP) is 6.02. The van der Waals surface area contributed by atoms with E-state index in [2.05, 4.69) is 15.5 Å². The lowest BCUT2D eigenvalue weighted by atomic mass is 10.1. The van der Waals surface area contributed by atoms with E-state index in [0.29, 0.717) is 38.1 Å². The van der Waals surface area contributed by atoms with Crippen LogP contribution in [0.4, 0.5) is 11.7 Å². The zero-order chi connectivity index (χ0) is 16.4. The Labute approximate surface area is 152 Å². The van der Waals surface area contributed by atoms with E-state index >= 15 is 0 Å². The number of hydrogen-bond donors (Lipinski definition) is 1. The highest BCUT2D eigenvalue weighted by atomic mass is 35.5. The number of benzene rings is 2. The largest absolute Gasteiger partial charge is 0.408 e. The van der Waals surface area contributed by atoms with Gasteiger partial charge in [0.2, 0.25) is 5.89 Å². The van der Waals surface area contributed by atoms with Crippen molar-refractivity contribution in [1.82, 2.24) is 10.2 Å². The van der Waals surface area contributed by atoms with Crippen molar-refractivity contribution in [3.63, 3.8) is 0 Å². The summed E-state index contributed by atoms with van der Waals surface area (Å²) in [4.78, 5) is 0. The molecule has 0 aliphatic carbocycles. The molecule has 0 fully saturated rings. The zero-order valence-corrected chi connectivity index (χ0v) is 14.5. The average molecular weight is 389 g/mol. The standard InChI is InChI=1S/C15H9Cl4N3O/c16-10-2-1-3-11(17)9(10)7-14-21-22-15(23-14)20-8-4-5-12(18)13(19)6-8/h1-6H,7H2,(H,20,22). The highest BCUT2D eigenvalue weighted by Gasteiger charge is 2.12. The number of nitrogens with one attached hydrogen (secondary N) is 1. The van der Waals surface area contributed by atoms with Gasteiger partial charge in [0, 0.05) is 15.7 Å². The van der Waals surface area contributed by atoms with Crippen molar-refractivity contribution < 1.29 is 4.42 Å². The molecule has 0 unspecified atom stereocenters. The van der Waals surface area contributed by atoms with Crippen LogP contribution in [-0.2, 0) is 6.42 Å². The third-order valence-electron chi connectivity index (χ3n) is 3.03. The van der Waals surface area contributed by atoms with Gasteiger partial charge >= 0.3 is 6.01 Å². The summed E-state index contributed by atoms with van der Waals surface area (Å²) in [5.74, 6) is 0.391. The smallest absolute Gasteiger partial charge is 0.320 e. The molecule has 0 aliphatic rings. The molecule has 1 heterocycles. The minimum absolute atomic E-state index is 0.238. The molecule has 0 aliphatic heterocycles. The molecule has 1 aromatic heterocycles. The molecular weight excluding hydrogens is 380 g/mol. The fourth-order valence-electron chi connectivity index (χ4n) is 1.93. The van der Waals surface area contributed by atoms with Crippen LogP contribution in [0.3, 0.4) is 0 Å². The van der Waals surface area contributed by atoms with Gasteiger partial charge in [-0.1, -0.05) is 57.6 Å². The van der Waals surface area contributed by atoms with Crippen molar-refractivity contribution >= 4 is 58.1 Å². The monoisotopic (exact) mass is 387 g/mol. The first kappa shape index (κ1) is 16.4. The number of aromatic nitrogens is 2. The summed E-state index contributed by atoms with van der Waals surface area (Å²) in [5.41, 5.74) is 1.42. The minimum Gasteiger partial charge on any atom is -0.408 e. The SMILES string of the molecule is Clc1ccc(Nc2nnc(Cc3c(Cl)cccc3Cl)o2)cc1Cl. The summed E-state index contributed by atoms with van der Waals surface area (Å²) >= 11 is 24.1. The van der Waals surface area contributed by atoms with Crippen molar-refractivity contribution in [3.8, 4) is 0 Å². The quantitative estimate of drug-likeness (QED) is 0.593. The third kappa shape index (κ3) is 3.90. The van der Waals surface area contributed by atoms with Crippen LogP contribution in [0.15, 0.2) is 40.8 Å². The summed E-state index contributed by atoms with van der Waals surface area (Å²) in [6.07, 6.45) is 0.342. The van der Waals surface area contributed by atoms with Gasteiger partial charge in [0.05, 0.1) is 16.5 Å². The molecule has 118 valence electrons. The van der Waals surface area contributed by atoms with Crippen LogP contribution < -0.4 is 5.32 Å². The second-order valence-corrected chi connectivity index (χ2v) is 6.26. The van der Waals surface area contributed by atoms with Gasteiger partial charge in [-0.05, 0) is 35.9 Å². The number of rotatable bonds is 4. The van der Waals surface area contributed by atoms with Crippen molar-refractivity contribution in [1.29, 1.82) is 0 Å². The Morgan fingerprint density at radius 3 is 2.30 bits per heavy atom. The Morgan fingerprint density at radius 1 is 0.870 bits per heavy atom. The third-order valence-corrected chi connectivity index (χ3v) is 4.47. The number of nitrogens with zero attached hydrogens (tertiary/aromatic N) is 2. The molecule has 0 saturated heterocycles. The van der Waals surface area contributed by atoms with E-state index in [-0.39, 0.29) is 6.01 Å². The lowest BCUT2D eigenvalue weighted by Crippen LogP contribution is -1.91. The van der Waals surface area contributed by atoms with Crippen LogP contribution in [-0.4, -0.2) is 10.2 Å². The molecule has 3 aromatic rings. The highest BCUT2D eigenvalue weighted by molar-refractivity contribution is 6.42. The van der Waals surface area contributed by atoms with Gasteiger partial charge in [-0.15, -0.1) is 5.10 Å². The van der Waals surface area contributed by atoms with E-state index in [1.807, 2.05) is 0 Å². The molecule has 4 nitrogen and oxygen atoms in total. The molecule has 0 radical (unpaired) electrons. The highest BCUT2D eigenvalue weighted by Crippen LogP contribution is 2.28. The average Bonchev–Trinajstić information content (AvgIpc) is 2.94. The topological polar surface area (TPSA) is 51.0 Å². The van der Waals surface area contributed by atoms with E-state index in [4.69, 9.17) is 50.8 Å². The van der Waals surface area contributed by atoms with E-state index in [0.717, 1.165) is 5.56 Å². The fraction of sp³-hybridized carbons (Fsp3) is 0.0667. The second-order valence-electron chi connectivity index (χ2n) is 4.63. The molecule has 0 bridgehead atoms. The first-order chi connectivity index (χ1) is 11.0. The van der Waals surface area contributed by atoms with Crippen LogP contribution in [0.1, 0.15) is 11.5 Å². The van der Waals surface area contributed by atoms with Gasteiger partial charge in [-0.2, -0.15) is 0 Å². The minimum atomic E-state index is 0.238. The van der Waals surface area contributed by atoms with E-state index in [9.17, 15) is 0 Å². The Morgan fingerprint density at radius 2 is 1.61 bits per heavy atom. The van der Waals surface area contributed by atoms with Gasteiger partial charge in [0.25, 0.3) is 0 Å². The van der Waals surface area contributed by atoms with E-state index in [1.54, 1.807) is 36.4 Å². The predicted molar refractivity (Wildman–Crippen MR) is 93.3 cm³/mol. The van der Waals surface area contributed by atoms with Crippen LogP contribution in [0.25, 0.3) is 0 Å². The summed E-state index contributed by atoms with van der Waals surface area (Å²) in [6, 6.07) is 10.6. The van der Waals surface area contributed by atoms with Crippen LogP contribution >= 0.6 is 46.4 Å². The Bertz CT molecular complexity index is 830. The Kier molecular flexibility index (Phi) is 4.97. The van der Waals surface area contributed by atoms with Gasteiger partial charge in [-0.25, -0.2) is 0 Å². The van der Waals surface area contributed by atoms with Crippen molar-refractivity contribution in [2.75, 3.05) is 5.32 Å². The molecule has 0 atom stereocenters. The maximum absolute atomic E-state index is 6.13. The molecule has 0 amide bonds. The zero-order valence-electron chi connectivity index (χ0n) is 11.5. The van der Waals surface area contributed by atoms with Crippen LogP contribution in [0.2, 0.25) is 20.1 Å². The van der Waals surface area contributed by atoms with Crippen LogP contribution in [0, 0.1) is 0 Å². The van der Waals surface area contributed by atoms with Gasteiger partial charge < -0.3 is 9.73 Å². The summed E-state index contributed by atoms with van der Waals surface area (Å²) in [6.45, 7) is 0. The fourth-order valence-corrected chi connectivity index (χ4v) is 2.75. The van der Waals surface area contributed by atoms with Crippen molar-refractivity contribution in [3.05, 3.63) is 67.9 Å². The normalized spacial score (nSPS) is 10.8. The molecule has 3 rings (SSSR count). The summed E-state index contributed by atoms with van der Waals surface area (Å²) in [7, 11) is 0. The molecule has 2 aromatic carbocycles. The van der Waals surface area contributed by atoms with E-state index < -0.39 is 0 Å². The lowest BCUT2D eigenvalue weighted by molar-refractivity contribution is 0.521. The second kappa shape index (κ2) is 6.97. The number of anilines is 2. The molecule has 23 heavy (non-hydrogen) atoms. The Hall–Kier alpha value is -1.46. The van der Waals surface area contributed by atoms with Gasteiger partial charge in [0.1, 0.15) is 0 Å². The number of hydrogen-bond acceptors (Lipinski definition) is 4. The summed E-state index contributed by atoms with van der Waals surface area (Å²) in [5, 5.41) is 12.9. The maximum atomic E-state index is 6.13. The van der Waals surface area contributed by atoms with Crippen molar-refractivity contribution in [2.45, 2.75) is 6.42 Å². The van der Waals surface area contributed by atoms with Crippen LogP contribution in [0.5, 0.6) is 0 Å². The molecule has 0 spiro atoms. The van der Waals surface area contributed by atoms with Gasteiger partial charge in [-0.3, -0.25) is 0 Å². The molecule has 8 heteroatoms.